The number of hydrogen-bond donors (Lipinski definition) is 0. The first-order valence-electron chi connectivity index (χ1n) is 5.92. The number of benzene rings is 1. The number of rotatable bonds is 2. The second-order valence-electron chi connectivity index (χ2n) is 5.15. The molecule has 1 saturated heterocycles. The maximum absolute atomic E-state index is 11.5. The molecule has 1 aliphatic rings. The molecule has 0 N–H and O–H groups in total. The summed E-state index contributed by atoms with van der Waals surface area (Å²) < 4.78 is 4.65. The maximum Gasteiger partial charge on any atom is 0.337 e. The van der Waals surface area contributed by atoms with Gasteiger partial charge < -0.3 is 9.64 Å². The average molecular weight is 247 g/mol. The smallest absolute Gasteiger partial charge is 0.337 e. The lowest BCUT2D eigenvalue weighted by Gasteiger charge is -2.32. The quantitative estimate of drug-likeness (QED) is 0.750. The SMILES string of the molecule is COC(=O)c1ccc(N2CC(=O)CC2(C)C)cc1. The van der Waals surface area contributed by atoms with E-state index in [0.29, 0.717) is 18.5 Å². The first-order valence-corrected chi connectivity index (χ1v) is 5.92. The molecule has 0 atom stereocenters. The fourth-order valence-corrected chi connectivity index (χ4v) is 2.36. The van der Waals surface area contributed by atoms with Crippen LogP contribution < -0.4 is 4.90 Å². The second kappa shape index (κ2) is 4.44. The van der Waals surface area contributed by atoms with Crippen molar-refractivity contribution in [2.24, 2.45) is 0 Å². The first kappa shape index (κ1) is 12.6. The van der Waals surface area contributed by atoms with Gasteiger partial charge in [0, 0.05) is 17.6 Å². The standard InChI is InChI=1S/C14H17NO3/c1-14(2)8-12(16)9-15(14)11-6-4-10(5-7-11)13(17)18-3/h4-7H,8-9H2,1-3H3. The summed E-state index contributed by atoms with van der Waals surface area (Å²) in [5.74, 6) is -0.102. The van der Waals surface area contributed by atoms with Gasteiger partial charge in [-0.25, -0.2) is 4.79 Å². The van der Waals surface area contributed by atoms with E-state index in [9.17, 15) is 9.59 Å². The van der Waals surface area contributed by atoms with Crippen LogP contribution in [0.15, 0.2) is 24.3 Å². The summed E-state index contributed by atoms with van der Waals surface area (Å²) in [5, 5.41) is 0. The molecule has 1 aromatic carbocycles. The van der Waals surface area contributed by atoms with Crippen LogP contribution in [-0.2, 0) is 9.53 Å². The minimum absolute atomic E-state index is 0.163. The number of ketones is 1. The molecule has 1 aliphatic heterocycles. The third-order valence-corrected chi connectivity index (χ3v) is 3.30. The second-order valence-corrected chi connectivity index (χ2v) is 5.15. The van der Waals surface area contributed by atoms with Crippen molar-refractivity contribution < 1.29 is 14.3 Å². The summed E-state index contributed by atoms with van der Waals surface area (Å²) in [5.41, 5.74) is 1.31. The fourth-order valence-electron chi connectivity index (χ4n) is 2.36. The summed E-state index contributed by atoms with van der Waals surface area (Å²) in [7, 11) is 1.36. The number of nitrogens with zero attached hydrogens (tertiary/aromatic N) is 1. The molecule has 2 rings (SSSR count). The molecule has 0 amide bonds. The van der Waals surface area contributed by atoms with Crippen LogP contribution in [-0.4, -0.2) is 30.9 Å². The Morgan fingerprint density at radius 3 is 2.33 bits per heavy atom. The lowest BCUT2D eigenvalue weighted by molar-refractivity contribution is -0.116. The lowest BCUT2D eigenvalue weighted by atomic mass is 10.0. The predicted molar refractivity (Wildman–Crippen MR) is 68.8 cm³/mol. The largest absolute Gasteiger partial charge is 0.465 e. The van der Waals surface area contributed by atoms with Crippen LogP contribution in [0, 0.1) is 0 Å². The Morgan fingerprint density at radius 2 is 1.89 bits per heavy atom. The van der Waals surface area contributed by atoms with Crippen molar-refractivity contribution >= 4 is 17.4 Å². The van der Waals surface area contributed by atoms with Crippen LogP contribution in [0.5, 0.6) is 0 Å². The Bertz CT molecular complexity index is 476. The van der Waals surface area contributed by atoms with Crippen molar-refractivity contribution in [2.45, 2.75) is 25.8 Å². The van der Waals surface area contributed by atoms with Crippen LogP contribution in [0.25, 0.3) is 0 Å². The molecule has 96 valence electrons. The van der Waals surface area contributed by atoms with E-state index in [1.807, 2.05) is 26.0 Å². The lowest BCUT2D eigenvalue weighted by Crippen LogP contribution is -2.38. The van der Waals surface area contributed by atoms with Gasteiger partial charge in [0.1, 0.15) is 0 Å². The van der Waals surface area contributed by atoms with Crippen LogP contribution >= 0.6 is 0 Å². The molecule has 0 bridgehead atoms. The van der Waals surface area contributed by atoms with Crippen molar-refractivity contribution in [1.82, 2.24) is 0 Å². The molecule has 1 fully saturated rings. The van der Waals surface area contributed by atoms with Gasteiger partial charge in [-0.05, 0) is 38.1 Å². The molecule has 0 aliphatic carbocycles. The Hall–Kier alpha value is -1.84. The van der Waals surface area contributed by atoms with E-state index in [1.165, 1.54) is 7.11 Å². The van der Waals surface area contributed by atoms with Gasteiger partial charge in [-0.15, -0.1) is 0 Å². The van der Waals surface area contributed by atoms with Gasteiger partial charge >= 0.3 is 5.97 Å². The first-order chi connectivity index (χ1) is 8.44. The number of Topliss-reactive ketones (excluding diaryl/α,β-unsaturated/α-hetero) is 1. The maximum atomic E-state index is 11.5. The number of methoxy groups -OCH3 is 1. The molecule has 0 unspecified atom stereocenters. The molecule has 4 heteroatoms. The van der Waals surface area contributed by atoms with Crippen molar-refractivity contribution in [3.8, 4) is 0 Å². The zero-order chi connectivity index (χ0) is 13.3. The third-order valence-electron chi connectivity index (χ3n) is 3.30. The van der Waals surface area contributed by atoms with E-state index < -0.39 is 0 Å². The van der Waals surface area contributed by atoms with Gasteiger partial charge in [0.2, 0.25) is 0 Å². The molecular formula is C14H17NO3. The zero-order valence-electron chi connectivity index (χ0n) is 10.9. The minimum atomic E-state index is -0.349. The highest BCUT2D eigenvalue weighted by molar-refractivity contribution is 5.91. The summed E-state index contributed by atoms with van der Waals surface area (Å²) in [4.78, 5) is 24.9. The molecule has 4 nitrogen and oxygen atoms in total. The van der Waals surface area contributed by atoms with E-state index in [-0.39, 0.29) is 17.3 Å². The number of anilines is 1. The normalized spacial score (nSPS) is 17.9. The number of carbonyl (C=O) groups excluding carboxylic acids is 2. The van der Waals surface area contributed by atoms with Crippen molar-refractivity contribution in [3.63, 3.8) is 0 Å². The number of hydrogen-bond acceptors (Lipinski definition) is 4. The average Bonchev–Trinajstić information content (AvgIpc) is 2.61. The van der Waals surface area contributed by atoms with E-state index >= 15 is 0 Å². The van der Waals surface area contributed by atoms with E-state index in [0.717, 1.165) is 5.69 Å². The van der Waals surface area contributed by atoms with Crippen molar-refractivity contribution in [2.75, 3.05) is 18.6 Å². The van der Waals surface area contributed by atoms with Gasteiger partial charge in [0.25, 0.3) is 0 Å². The topological polar surface area (TPSA) is 46.6 Å². The number of ether oxygens (including phenoxy) is 1. The highest BCUT2D eigenvalue weighted by atomic mass is 16.5. The van der Waals surface area contributed by atoms with Crippen molar-refractivity contribution in [1.29, 1.82) is 0 Å². The monoisotopic (exact) mass is 247 g/mol. The highest BCUT2D eigenvalue weighted by Crippen LogP contribution is 2.31. The van der Waals surface area contributed by atoms with Crippen molar-refractivity contribution in [3.05, 3.63) is 29.8 Å². The Labute approximate surface area is 107 Å². The van der Waals surface area contributed by atoms with Gasteiger partial charge in [0.15, 0.2) is 5.78 Å². The van der Waals surface area contributed by atoms with Crippen LogP contribution in [0.2, 0.25) is 0 Å². The molecule has 0 radical (unpaired) electrons. The predicted octanol–water partition coefficient (Wildman–Crippen LogP) is 2.03. The van der Waals surface area contributed by atoms with Crippen LogP contribution in [0.1, 0.15) is 30.6 Å². The Kier molecular flexibility index (Phi) is 3.11. The van der Waals surface area contributed by atoms with Gasteiger partial charge in [-0.3, -0.25) is 4.79 Å². The molecule has 1 aromatic rings. The highest BCUT2D eigenvalue weighted by Gasteiger charge is 2.37. The molecular weight excluding hydrogens is 230 g/mol. The number of esters is 1. The van der Waals surface area contributed by atoms with Crippen LogP contribution in [0.3, 0.4) is 0 Å². The zero-order valence-corrected chi connectivity index (χ0v) is 10.9. The Balaban J connectivity index is 2.25. The molecule has 1 heterocycles. The molecule has 0 saturated carbocycles. The third kappa shape index (κ3) is 2.23. The summed E-state index contributed by atoms with van der Waals surface area (Å²) in [6.07, 6.45) is 0.561. The number of carbonyl (C=O) groups is 2. The molecule has 18 heavy (non-hydrogen) atoms. The minimum Gasteiger partial charge on any atom is -0.465 e. The summed E-state index contributed by atoms with van der Waals surface area (Å²) in [6.45, 7) is 4.53. The Morgan fingerprint density at radius 1 is 1.28 bits per heavy atom. The molecule has 0 spiro atoms. The molecule has 0 aromatic heterocycles. The van der Waals surface area contributed by atoms with Gasteiger partial charge in [-0.2, -0.15) is 0 Å². The van der Waals surface area contributed by atoms with Gasteiger partial charge in [0.05, 0.1) is 19.2 Å². The van der Waals surface area contributed by atoms with Crippen LogP contribution in [0.4, 0.5) is 5.69 Å². The van der Waals surface area contributed by atoms with E-state index in [4.69, 9.17) is 0 Å². The van der Waals surface area contributed by atoms with E-state index in [2.05, 4.69) is 9.64 Å². The van der Waals surface area contributed by atoms with Gasteiger partial charge in [-0.1, -0.05) is 0 Å². The summed E-state index contributed by atoms with van der Waals surface area (Å²) in [6, 6.07) is 7.15. The fraction of sp³-hybridized carbons (Fsp3) is 0.429. The summed E-state index contributed by atoms with van der Waals surface area (Å²) >= 11 is 0. The van der Waals surface area contributed by atoms with E-state index in [1.54, 1.807) is 12.1 Å².